The second kappa shape index (κ2) is 5.74. The van der Waals surface area contributed by atoms with Gasteiger partial charge in [-0.25, -0.2) is 0 Å². The van der Waals surface area contributed by atoms with Crippen LogP contribution < -0.4 is 0 Å². The highest BCUT2D eigenvalue weighted by atomic mass is 79.9. The predicted molar refractivity (Wildman–Crippen MR) is 91.4 cm³/mol. The first-order chi connectivity index (χ1) is 10.1. The topological polar surface area (TPSA) is 20.2 Å². The molecule has 0 unspecified atom stereocenters. The number of phenolic OH excluding ortho intramolecular Hbond substituents is 1. The maximum Gasteiger partial charge on any atom is 0.124 e. The summed E-state index contributed by atoms with van der Waals surface area (Å²) in [4.78, 5) is 0. The highest BCUT2D eigenvalue weighted by Gasteiger charge is 2.10. The minimum absolute atomic E-state index is 0.281. The summed E-state index contributed by atoms with van der Waals surface area (Å²) in [5, 5.41) is 10.2. The van der Waals surface area contributed by atoms with Crippen LogP contribution in [0.2, 0.25) is 0 Å². The molecule has 0 aromatic heterocycles. The molecule has 0 heterocycles. The Morgan fingerprint density at radius 2 is 1.43 bits per heavy atom. The van der Waals surface area contributed by atoms with Gasteiger partial charge in [0.2, 0.25) is 0 Å². The Kier molecular flexibility index (Phi) is 3.80. The van der Waals surface area contributed by atoms with Crippen LogP contribution in [-0.2, 0) is 0 Å². The van der Waals surface area contributed by atoms with Crippen molar-refractivity contribution in [3.05, 3.63) is 76.8 Å². The first-order valence-electron chi connectivity index (χ1n) is 6.80. The number of aryl methyl sites for hydroxylation is 1. The van der Waals surface area contributed by atoms with E-state index in [2.05, 4.69) is 53.2 Å². The average molecular weight is 339 g/mol. The second-order valence-electron chi connectivity index (χ2n) is 5.07. The van der Waals surface area contributed by atoms with E-state index in [9.17, 15) is 5.11 Å². The van der Waals surface area contributed by atoms with Crippen LogP contribution in [0.25, 0.3) is 22.3 Å². The van der Waals surface area contributed by atoms with Crippen LogP contribution in [0.5, 0.6) is 5.75 Å². The van der Waals surface area contributed by atoms with E-state index < -0.39 is 0 Å². The largest absolute Gasteiger partial charge is 0.507 e. The summed E-state index contributed by atoms with van der Waals surface area (Å²) in [6.07, 6.45) is 0. The lowest BCUT2D eigenvalue weighted by atomic mass is 9.94. The van der Waals surface area contributed by atoms with Gasteiger partial charge in [-0.15, -0.1) is 0 Å². The van der Waals surface area contributed by atoms with Crippen molar-refractivity contribution < 1.29 is 5.11 Å². The van der Waals surface area contributed by atoms with Gasteiger partial charge in [0.25, 0.3) is 0 Å². The number of hydrogen-bond donors (Lipinski definition) is 1. The molecule has 3 aromatic rings. The molecular formula is C19H15BrO. The predicted octanol–water partition coefficient (Wildman–Crippen LogP) is 5.80. The van der Waals surface area contributed by atoms with E-state index >= 15 is 0 Å². The SMILES string of the molecule is Cc1ccc(-c2ccccc2-c2ccc(Br)cc2O)cc1. The molecule has 0 amide bonds. The Morgan fingerprint density at radius 3 is 2.10 bits per heavy atom. The molecule has 0 saturated carbocycles. The van der Waals surface area contributed by atoms with Gasteiger partial charge in [0.15, 0.2) is 0 Å². The molecule has 3 aromatic carbocycles. The lowest BCUT2D eigenvalue weighted by molar-refractivity contribution is 0.477. The summed E-state index contributed by atoms with van der Waals surface area (Å²) in [6, 6.07) is 22.2. The maximum absolute atomic E-state index is 10.2. The molecule has 21 heavy (non-hydrogen) atoms. The van der Waals surface area contributed by atoms with E-state index in [-0.39, 0.29) is 5.75 Å². The smallest absolute Gasteiger partial charge is 0.124 e. The molecule has 1 nitrogen and oxygen atoms in total. The molecule has 3 rings (SSSR count). The highest BCUT2D eigenvalue weighted by Crippen LogP contribution is 2.37. The molecule has 0 spiro atoms. The monoisotopic (exact) mass is 338 g/mol. The van der Waals surface area contributed by atoms with Crippen molar-refractivity contribution >= 4 is 15.9 Å². The first kappa shape index (κ1) is 13.9. The first-order valence-corrected chi connectivity index (χ1v) is 7.59. The zero-order chi connectivity index (χ0) is 14.8. The van der Waals surface area contributed by atoms with Gasteiger partial charge in [-0.2, -0.15) is 0 Å². The van der Waals surface area contributed by atoms with Gasteiger partial charge in [0.05, 0.1) is 0 Å². The number of aromatic hydroxyl groups is 1. The van der Waals surface area contributed by atoms with E-state index in [0.29, 0.717) is 0 Å². The van der Waals surface area contributed by atoms with E-state index in [1.807, 2.05) is 30.3 Å². The third-order valence-corrected chi connectivity index (χ3v) is 4.03. The van der Waals surface area contributed by atoms with Crippen molar-refractivity contribution in [2.24, 2.45) is 0 Å². The molecule has 0 atom stereocenters. The van der Waals surface area contributed by atoms with E-state index in [4.69, 9.17) is 0 Å². The van der Waals surface area contributed by atoms with Crippen LogP contribution in [0.4, 0.5) is 0 Å². The number of rotatable bonds is 2. The fourth-order valence-electron chi connectivity index (χ4n) is 2.44. The number of benzene rings is 3. The Labute approximate surface area is 133 Å². The van der Waals surface area contributed by atoms with Crippen molar-refractivity contribution in [3.8, 4) is 28.0 Å². The maximum atomic E-state index is 10.2. The Bertz CT molecular complexity index is 776. The second-order valence-corrected chi connectivity index (χ2v) is 5.99. The molecule has 1 N–H and O–H groups in total. The summed E-state index contributed by atoms with van der Waals surface area (Å²) in [5.41, 5.74) is 5.39. The van der Waals surface area contributed by atoms with Gasteiger partial charge in [-0.05, 0) is 41.8 Å². The molecule has 0 aliphatic heterocycles. The van der Waals surface area contributed by atoms with Gasteiger partial charge in [-0.1, -0.05) is 70.0 Å². The summed E-state index contributed by atoms with van der Waals surface area (Å²) >= 11 is 3.38. The molecule has 0 aliphatic carbocycles. The summed E-state index contributed by atoms with van der Waals surface area (Å²) < 4.78 is 0.872. The van der Waals surface area contributed by atoms with Crippen LogP contribution in [0, 0.1) is 6.92 Å². The van der Waals surface area contributed by atoms with Gasteiger partial charge in [0, 0.05) is 10.0 Å². The van der Waals surface area contributed by atoms with Gasteiger partial charge in [0.1, 0.15) is 5.75 Å². The highest BCUT2D eigenvalue weighted by molar-refractivity contribution is 9.10. The number of phenols is 1. The molecule has 0 saturated heterocycles. The van der Waals surface area contributed by atoms with Gasteiger partial charge in [-0.3, -0.25) is 0 Å². The van der Waals surface area contributed by atoms with E-state index in [1.165, 1.54) is 5.56 Å². The molecule has 0 fully saturated rings. The minimum atomic E-state index is 0.281. The van der Waals surface area contributed by atoms with E-state index in [0.717, 1.165) is 26.7 Å². The molecule has 2 heteroatoms. The Balaban J connectivity index is 2.18. The summed E-state index contributed by atoms with van der Waals surface area (Å²) in [6.45, 7) is 2.08. The van der Waals surface area contributed by atoms with Crippen molar-refractivity contribution in [2.45, 2.75) is 6.92 Å². The molecular weight excluding hydrogens is 324 g/mol. The third-order valence-electron chi connectivity index (χ3n) is 3.54. The molecule has 0 aliphatic rings. The standard InChI is InChI=1S/C19H15BrO/c1-13-6-8-14(9-7-13)16-4-2-3-5-17(16)18-11-10-15(20)12-19(18)21/h2-12,21H,1H3. The molecule has 104 valence electrons. The van der Waals surface area contributed by atoms with Crippen LogP contribution in [0.15, 0.2) is 71.2 Å². The van der Waals surface area contributed by atoms with Crippen molar-refractivity contribution in [1.82, 2.24) is 0 Å². The lowest BCUT2D eigenvalue weighted by Crippen LogP contribution is -1.86. The van der Waals surface area contributed by atoms with Crippen LogP contribution in [0.1, 0.15) is 5.56 Å². The fraction of sp³-hybridized carbons (Fsp3) is 0.0526. The number of hydrogen-bond acceptors (Lipinski definition) is 1. The van der Waals surface area contributed by atoms with Gasteiger partial charge >= 0.3 is 0 Å². The van der Waals surface area contributed by atoms with Crippen molar-refractivity contribution in [3.63, 3.8) is 0 Å². The molecule has 0 radical (unpaired) electrons. The van der Waals surface area contributed by atoms with Crippen molar-refractivity contribution in [2.75, 3.05) is 0 Å². The van der Waals surface area contributed by atoms with E-state index in [1.54, 1.807) is 6.07 Å². The lowest BCUT2D eigenvalue weighted by Gasteiger charge is -2.12. The number of halogens is 1. The normalized spacial score (nSPS) is 10.6. The zero-order valence-corrected chi connectivity index (χ0v) is 13.3. The summed E-state index contributed by atoms with van der Waals surface area (Å²) in [5.74, 6) is 0.281. The van der Waals surface area contributed by atoms with Gasteiger partial charge < -0.3 is 5.11 Å². The third kappa shape index (κ3) is 2.86. The van der Waals surface area contributed by atoms with Crippen molar-refractivity contribution in [1.29, 1.82) is 0 Å². The fourth-order valence-corrected chi connectivity index (χ4v) is 2.78. The Hall–Kier alpha value is -2.06. The summed E-state index contributed by atoms with van der Waals surface area (Å²) in [7, 11) is 0. The van der Waals surface area contributed by atoms with Crippen LogP contribution >= 0.6 is 15.9 Å². The van der Waals surface area contributed by atoms with Crippen LogP contribution in [-0.4, -0.2) is 5.11 Å². The molecule has 0 bridgehead atoms. The quantitative estimate of drug-likeness (QED) is 0.626. The van der Waals surface area contributed by atoms with Crippen LogP contribution in [0.3, 0.4) is 0 Å². The average Bonchev–Trinajstić information content (AvgIpc) is 2.48. The minimum Gasteiger partial charge on any atom is -0.507 e. The zero-order valence-electron chi connectivity index (χ0n) is 11.7. The Morgan fingerprint density at radius 1 is 0.762 bits per heavy atom.